The molecule has 0 saturated carbocycles. The molecule has 0 aromatic heterocycles. The predicted octanol–water partition coefficient (Wildman–Crippen LogP) is 4.62. The van der Waals surface area contributed by atoms with Gasteiger partial charge in [0.05, 0.1) is 0 Å². The van der Waals surface area contributed by atoms with E-state index in [2.05, 4.69) is 20.8 Å². The van der Waals surface area contributed by atoms with Crippen molar-refractivity contribution in [1.29, 1.82) is 0 Å². The number of esters is 1. The van der Waals surface area contributed by atoms with Gasteiger partial charge in [-0.25, -0.2) is 4.79 Å². The van der Waals surface area contributed by atoms with Crippen molar-refractivity contribution < 1.29 is 14.3 Å². The molecule has 0 aliphatic heterocycles. The zero-order chi connectivity index (χ0) is 16.2. The van der Waals surface area contributed by atoms with Crippen LogP contribution in [0.2, 0.25) is 5.02 Å². The smallest absolute Gasteiger partial charge is 0.349 e. The van der Waals surface area contributed by atoms with Gasteiger partial charge in [-0.3, -0.25) is 0 Å². The molecular formula is C18H19ClO3. The summed E-state index contributed by atoms with van der Waals surface area (Å²) in [5.74, 6) is 0.629. The average molecular weight is 319 g/mol. The van der Waals surface area contributed by atoms with Crippen molar-refractivity contribution in [2.24, 2.45) is 0 Å². The molecule has 0 N–H and O–H groups in total. The highest BCUT2D eigenvalue weighted by molar-refractivity contribution is 6.30. The molecule has 4 heteroatoms. The third-order valence-corrected chi connectivity index (χ3v) is 3.37. The van der Waals surface area contributed by atoms with Crippen LogP contribution in [0.4, 0.5) is 0 Å². The van der Waals surface area contributed by atoms with Gasteiger partial charge in [0.2, 0.25) is 0 Å². The van der Waals surface area contributed by atoms with Crippen LogP contribution in [0.15, 0.2) is 48.5 Å². The Morgan fingerprint density at radius 2 is 1.50 bits per heavy atom. The van der Waals surface area contributed by atoms with Crippen LogP contribution in [-0.2, 0) is 10.2 Å². The number of ether oxygens (including phenoxy) is 2. The minimum atomic E-state index is -0.456. The second-order valence-corrected chi connectivity index (χ2v) is 6.43. The Morgan fingerprint density at radius 3 is 2.05 bits per heavy atom. The standard InChI is InChI=1S/C18H19ClO3/c1-18(2,3)13-4-8-15(9-5-13)21-12-17(20)22-16-10-6-14(19)7-11-16/h4-11H,12H2,1-3H3. The highest BCUT2D eigenvalue weighted by atomic mass is 35.5. The molecule has 116 valence electrons. The van der Waals surface area contributed by atoms with Crippen molar-refractivity contribution in [2.75, 3.05) is 6.61 Å². The molecule has 3 nitrogen and oxygen atoms in total. The highest BCUT2D eigenvalue weighted by Crippen LogP contribution is 2.24. The van der Waals surface area contributed by atoms with Crippen LogP contribution in [0.5, 0.6) is 11.5 Å². The summed E-state index contributed by atoms with van der Waals surface area (Å²) in [6.07, 6.45) is 0. The van der Waals surface area contributed by atoms with Gasteiger partial charge in [-0.2, -0.15) is 0 Å². The fourth-order valence-electron chi connectivity index (χ4n) is 1.86. The van der Waals surface area contributed by atoms with Crippen LogP contribution in [0.1, 0.15) is 26.3 Å². The normalized spacial score (nSPS) is 11.1. The van der Waals surface area contributed by atoms with Crippen molar-refractivity contribution in [3.63, 3.8) is 0 Å². The summed E-state index contributed by atoms with van der Waals surface area (Å²) < 4.78 is 10.6. The third-order valence-electron chi connectivity index (χ3n) is 3.12. The van der Waals surface area contributed by atoms with Crippen LogP contribution in [-0.4, -0.2) is 12.6 Å². The Labute approximate surface area is 135 Å². The SMILES string of the molecule is CC(C)(C)c1ccc(OCC(=O)Oc2ccc(Cl)cc2)cc1. The lowest BCUT2D eigenvalue weighted by Crippen LogP contribution is -2.17. The van der Waals surface area contributed by atoms with E-state index < -0.39 is 5.97 Å². The number of rotatable bonds is 4. The first-order valence-electron chi connectivity index (χ1n) is 7.04. The second kappa shape index (κ2) is 6.84. The van der Waals surface area contributed by atoms with Crippen molar-refractivity contribution in [3.05, 3.63) is 59.1 Å². The maximum Gasteiger partial charge on any atom is 0.349 e. The van der Waals surface area contributed by atoms with Gasteiger partial charge in [0, 0.05) is 5.02 Å². The monoisotopic (exact) mass is 318 g/mol. The first kappa shape index (κ1) is 16.4. The van der Waals surface area contributed by atoms with E-state index in [1.807, 2.05) is 24.3 Å². The van der Waals surface area contributed by atoms with Crippen LogP contribution < -0.4 is 9.47 Å². The topological polar surface area (TPSA) is 35.5 Å². The van der Waals surface area contributed by atoms with E-state index in [-0.39, 0.29) is 12.0 Å². The van der Waals surface area contributed by atoms with Crippen molar-refractivity contribution in [1.82, 2.24) is 0 Å². The van der Waals surface area contributed by atoms with Crippen LogP contribution in [0.3, 0.4) is 0 Å². The summed E-state index contributed by atoms with van der Waals surface area (Å²) in [6, 6.07) is 14.3. The molecule has 2 aromatic rings. The summed E-state index contributed by atoms with van der Waals surface area (Å²) in [6.45, 7) is 6.29. The lowest BCUT2D eigenvalue weighted by molar-refractivity contribution is -0.136. The quantitative estimate of drug-likeness (QED) is 0.609. The Kier molecular flexibility index (Phi) is 5.09. The van der Waals surface area contributed by atoms with E-state index >= 15 is 0 Å². The number of halogens is 1. The van der Waals surface area contributed by atoms with E-state index in [0.29, 0.717) is 16.5 Å². The molecule has 0 aliphatic rings. The molecular weight excluding hydrogens is 300 g/mol. The summed E-state index contributed by atoms with van der Waals surface area (Å²) in [4.78, 5) is 11.7. The molecule has 0 heterocycles. The minimum absolute atomic E-state index is 0.0893. The van der Waals surface area contributed by atoms with Crippen molar-refractivity contribution >= 4 is 17.6 Å². The largest absolute Gasteiger partial charge is 0.482 e. The molecule has 0 fully saturated rings. The molecule has 0 aliphatic carbocycles. The summed E-state index contributed by atoms with van der Waals surface area (Å²) in [5, 5.41) is 0.593. The van der Waals surface area contributed by atoms with Gasteiger partial charge in [0.1, 0.15) is 11.5 Å². The molecule has 0 atom stereocenters. The predicted molar refractivity (Wildman–Crippen MR) is 87.7 cm³/mol. The van der Waals surface area contributed by atoms with E-state index in [1.54, 1.807) is 24.3 Å². The maximum atomic E-state index is 11.7. The number of carbonyl (C=O) groups excluding carboxylic acids is 1. The Bertz CT molecular complexity index is 625. The van der Waals surface area contributed by atoms with Gasteiger partial charge in [-0.15, -0.1) is 0 Å². The van der Waals surface area contributed by atoms with Crippen molar-refractivity contribution in [2.45, 2.75) is 26.2 Å². The number of carbonyl (C=O) groups is 1. The lowest BCUT2D eigenvalue weighted by atomic mass is 9.87. The van der Waals surface area contributed by atoms with Crippen LogP contribution in [0.25, 0.3) is 0 Å². The number of benzene rings is 2. The molecule has 0 unspecified atom stereocenters. The van der Waals surface area contributed by atoms with E-state index in [4.69, 9.17) is 21.1 Å². The Morgan fingerprint density at radius 1 is 0.955 bits per heavy atom. The minimum Gasteiger partial charge on any atom is -0.482 e. The fraction of sp³-hybridized carbons (Fsp3) is 0.278. The van der Waals surface area contributed by atoms with Gasteiger partial charge in [0.15, 0.2) is 6.61 Å². The molecule has 2 aromatic carbocycles. The molecule has 22 heavy (non-hydrogen) atoms. The summed E-state index contributed by atoms with van der Waals surface area (Å²) in [7, 11) is 0. The highest BCUT2D eigenvalue weighted by Gasteiger charge is 2.13. The first-order chi connectivity index (χ1) is 10.3. The maximum absolute atomic E-state index is 11.7. The fourth-order valence-corrected chi connectivity index (χ4v) is 1.98. The Balaban J connectivity index is 1.87. The number of hydrogen-bond acceptors (Lipinski definition) is 3. The Hall–Kier alpha value is -2.00. The van der Waals surface area contributed by atoms with E-state index in [0.717, 1.165) is 0 Å². The first-order valence-corrected chi connectivity index (χ1v) is 7.42. The van der Waals surface area contributed by atoms with Gasteiger partial charge in [-0.05, 0) is 47.4 Å². The molecule has 2 rings (SSSR count). The molecule has 0 saturated heterocycles. The zero-order valence-electron chi connectivity index (χ0n) is 12.9. The third kappa shape index (κ3) is 4.78. The molecule has 0 bridgehead atoms. The summed E-state index contributed by atoms with van der Waals surface area (Å²) in [5.41, 5.74) is 1.30. The van der Waals surface area contributed by atoms with Gasteiger partial charge in [0.25, 0.3) is 0 Å². The molecule has 0 amide bonds. The zero-order valence-corrected chi connectivity index (χ0v) is 13.7. The number of hydrogen-bond donors (Lipinski definition) is 0. The van der Waals surface area contributed by atoms with Gasteiger partial charge < -0.3 is 9.47 Å². The summed E-state index contributed by atoms with van der Waals surface area (Å²) >= 11 is 5.77. The van der Waals surface area contributed by atoms with Gasteiger partial charge >= 0.3 is 5.97 Å². The van der Waals surface area contributed by atoms with E-state index in [1.165, 1.54) is 5.56 Å². The van der Waals surface area contributed by atoms with Gasteiger partial charge in [-0.1, -0.05) is 44.5 Å². The van der Waals surface area contributed by atoms with Crippen LogP contribution in [0, 0.1) is 0 Å². The van der Waals surface area contributed by atoms with Crippen LogP contribution >= 0.6 is 11.6 Å². The van der Waals surface area contributed by atoms with Crippen molar-refractivity contribution in [3.8, 4) is 11.5 Å². The average Bonchev–Trinajstić information content (AvgIpc) is 2.47. The lowest BCUT2D eigenvalue weighted by Gasteiger charge is -2.19. The molecule has 0 spiro atoms. The van der Waals surface area contributed by atoms with E-state index in [9.17, 15) is 4.79 Å². The molecule has 0 radical (unpaired) electrons. The second-order valence-electron chi connectivity index (χ2n) is 5.99.